The van der Waals surface area contributed by atoms with Gasteiger partial charge < -0.3 is 10.5 Å². The number of H-pyrrole nitrogens is 1. The summed E-state index contributed by atoms with van der Waals surface area (Å²) in [5.41, 5.74) is 4.52. The van der Waals surface area contributed by atoms with Crippen LogP contribution in [0, 0.1) is 0 Å². The van der Waals surface area contributed by atoms with Gasteiger partial charge in [0.05, 0.1) is 17.4 Å². The molecule has 30 heavy (non-hydrogen) atoms. The molecule has 0 saturated carbocycles. The van der Waals surface area contributed by atoms with E-state index in [1.165, 1.54) is 11.6 Å². The summed E-state index contributed by atoms with van der Waals surface area (Å²) in [5.74, 6) is -0.0344. The molecule has 2 heterocycles. The summed E-state index contributed by atoms with van der Waals surface area (Å²) in [7, 11) is 0. The Kier molecular flexibility index (Phi) is 5.22. The predicted molar refractivity (Wildman–Crippen MR) is 117 cm³/mol. The van der Waals surface area contributed by atoms with E-state index in [0.29, 0.717) is 28.8 Å². The van der Waals surface area contributed by atoms with E-state index in [0.717, 1.165) is 10.1 Å². The second-order valence-corrected chi connectivity index (χ2v) is 7.98. The van der Waals surface area contributed by atoms with Crippen molar-refractivity contribution in [3.63, 3.8) is 0 Å². The molecule has 154 valence electrons. The minimum Gasteiger partial charge on any atom is -0.493 e. The van der Waals surface area contributed by atoms with Gasteiger partial charge in [0.2, 0.25) is 5.88 Å². The molecule has 1 aliphatic rings. The molecular weight excluding hydrogens is 404 g/mol. The summed E-state index contributed by atoms with van der Waals surface area (Å²) < 4.78 is 1.01. The third kappa shape index (κ3) is 3.64. The first-order valence-electron chi connectivity index (χ1n) is 9.61. The number of halogens is 1. The molecule has 0 fully saturated rings. The van der Waals surface area contributed by atoms with Crippen LogP contribution >= 0.6 is 11.6 Å². The summed E-state index contributed by atoms with van der Waals surface area (Å²) in [6, 6.07) is 14.5. The molecule has 0 aliphatic carbocycles. The maximum atomic E-state index is 12.5. The van der Waals surface area contributed by atoms with Crippen LogP contribution in [0.2, 0.25) is 5.02 Å². The fraction of sp³-hybridized carbons (Fsp3) is 0.227. The summed E-state index contributed by atoms with van der Waals surface area (Å²) in [5, 5.41) is 15.5. The lowest BCUT2D eigenvalue weighted by Gasteiger charge is -2.13. The molecule has 2 aromatic carbocycles. The molecule has 1 aliphatic heterocycles. The van der Waals surface area contributed by atoms with Gasteiger partial charge in [0.25, 0.3) is 5.56 Å². The smallest absolute Gasteiger partial charge is 0.335 e. The molecule has 7 nitrogen and oxygen atoms in total. The number of aromatic amines is 1. The Hall–Kier alpha value is -3.32. The van der Waals surface area contributed by atoms with Crippen LogP contribution in [0.15, 0.2) is 63.2 Å². The van der Waals surface area contributed by atoms with Crippen LogP contribution in [0.25, 0.3) is 5.69 Å². The molecule has 0 unspecified atom stereocenters. The molecule has 1 atom stereocenters. The first kappa shape index (κ1) is 20.0. The first-order chi connectivity index (χ1) is 14.3. The highest BCUT2D eigenvalue weighted by Crippen LogP contribution is 2.28. The number of aromatic nitrogens is 2. The van der Waals surface area contributed by atoms with E-state index in [4.69, 9.17) is 11.6 Å². The Morgan fingerprint density at radius 3 is 2.57 bits per heavy atom. The summed E-state index contributed by atoms with van der Waals surface area (Å²) in [4.78, 5) is 27.1. The number of nitrogens with one attached hydrogen (secondary N) is 2. The van der Waals surface area contributed by atoms with Gasteiger partial charge in [-0.15, -0.1) is 0 Å². The van der Waals surface area contributed by atoms with Crippen molar-refractivity contribution in [2.24, 2.45) is 5.10 Å². The van der Waals surface area contributed by atoms with E-state index in [2.05, 4.69) is 41.5 Å². The number of aromatic hydroxyl groups is 1. The van der Waals surface area contributed by atoms with Gasteiger partial charge in [0.1, 0.15) is 5.56 Å². The molecule has 0 amide bonds. The third-order valence-corrected chi connectivity index (χ3v) is 5.43. The third-order valence-electron chi connectivity index (χ3n) is 5.20. The average molecular weight is 425 g/mol. The Balaban J connectivity index is 1.69. The second kappa shape index (κ2) is 7.84. The number of hydrazone groups is 1. The van der Waals surface area contributed by atoms with Crippen molar-refractivity contribution in [2.45, 2.75) is 32.2 Å². The quantitative estimate of drug-likeness (QED) is 0.597. The molecule has 3 N–H and O–H groups in total. The molecule has 0 bridgehead atoms. The van der Waals surface area contributed by atoms with Gasteiger partial charge in [-0.3, -0.25) is 9.78 Å². The van der Waals surface area contributed by atoms with Gasteiger partial charge in [-0.25, -0.2) is 9.36 Å². The fourth-order valence-electron chi connectivity index (χ4n) is 3.54. The predicted octanol–water partition coefficient (Wildman–Crippen LogP) is 3.45. The highest BCUT2D eigenvalue weighted by atomic mass is 35.5. The lowest BCUT2D eigenvalue weighted by atomic mass is 9.96. The van der Waals surface area contributed by atoms with Crippen molar-refractivity contribution in [1.29, 1.82) is 0 Å². The molecule has 4 rings (SSSR count). The van der Waals surface area contributed by atoms with Crippen LogP contribution in [0.1, 0.15) is 48.9 Å². The monoisotopic (exact) mass is 424 g/mol. The Morgan fingerprint density at radius 1 is 1.17 bits per heavy atom. The standard InChI is InChI=1S/C22H21ClN4O3/c1-12(2)13-6-8-14(9-7-13)17-11-18(26-25-17)19-20(28)24-22(30)27(21(19)29)16-5-3-4-15(23)10-16/h3-10,12,17,25,29H,11H2,1-2H3,(H,24,28,30)/t17-/m0/s1. The van der Waals surface area contributed by atoms with E-state index in [-0.39, 0.29) is 11.6 Å². The van der Waals surface area contributed by atoms with Crippen molar-refractivity contribution < 1.29 is 5.11 Å². The minimum absolute atomic E-state index is 0.0385. The van der Waals surface area contributed by atoms with Crippen LogP contribution in [-0.4, -0.2) is 20.4 Å². The van der Waals surface area contributed by atoms with Crippen LogP contribution < -0.4 is 16.7 Å². The highest BCUT2D eigenvalue weighted by molar-refractivity contribution is 6.30. The van der Waals surface area contributed by atoms with Gasteiger partial charge in [0.15, 0.2) is 0 Å². The van der Waals surface area contributed by atoms with E-state index in [1.807, 2.05) is 12.1 Å². The van der Waals surface area contributed by atoms with Crippen molar-refractivity contribution >= 4 is 17.3 Å². The van der Waals surface area contributed by atoms with E-state index in [1.54, 1.807) is 18.2 Å². The van der Waals surface area contributed by atoms with Crippen LogP contribution in [-0.2, 0) is 0 Å². The van der Waals surface area contributed by atoms with Gasteiger partial charge in [-0.2, -0.15) is 5.10 Å². The fourth-order valence-corrected chi connectivity index (χ4v) is 3.73. The van der Waals surface area contributed by atoms with Gasteiger partial charge in [-0.05, 0) is 35.2 Å². The second-order valence-electron chi connectivity index (χ2n) is 7.54. The number of hydrogen-bond acceptors (Lipinski definition) is 5. The van der Waals surface area contributed by atoms with Gasteiger partial charge in [0, 0.05) is 11.4 Å². The molecule has 0 saturated heterocycles. The zero-order chi connectivity index (χ0) is 21.4. The first-order valence-corrected chi connectivity index (χ1v) is 9.99. The van der Waals surface area contributed by atoms with Crippen LogP contribution in [0.5, 0.6) is 5.88 Å². The van der Waals surface area contributed by atoms with Gasteiger partial charge >= 0.3 is 5.69 Å². The maximum Gasteiger partial charge on any atom is 0.335 e. The average Bonchev–Trinajstić information content (AvgIpc) is 3.17. The van der Waals surface area contributed by atoms with Crippen molar-refractivity contribution in [3.05, 3.63) is 91.1 Å². The van der Waals surface area contributed by atoms with Crippen LogP contribution in [0.4, 0.5) is 0 Å². The molecule has 3 aromatic rings. The highest BCUT2D eigenvalue weighted by Gasteiger charge is 2.27. The van der Waals surface area contributed by atoms with E-state index >= 15 is 0 Å². The minimum atomic E-state index is -0.754. The van der Waals surface area contributed by atoms with E-state index < -0.39 is 17.1 Å². The maximum absolute atomic E-state index is 12.5. The SMILES string of the molecule is CC(C)c1ccc([C@@H]2CC(c3c(O)n(-c4cccc(Cl)c4)c(=O)[nH]c3=O)=NN2)cc1. The number of benzene rings is 2. The lowest BCUT2D eigenvalue weighted by molar-refractivity contribution is 0.429. The summed E-state index contributed by atoms with van der Waals surface area (Å²) in [6.45, 7) is 4.27. The molecule has 0 spiro atoms. The topological polar surface area (TPSA) is 99.5 Å². The van der Waals surface area contributed by atoms with Gasteiger partial charge in [-0.1, -0.05) is 55.8 Å². The Labute approximate surface area is 177 Å². The molecule has 1 aromatic heterocycles. The van der Waals surface area contributed by atoms with Crippen LogP contribution in [0.3, 0.4) is 0 Å². The number of hydrogen-bond donors (Lipinski definition) is 3. The van der Waals surface area contributed by atoms with Crippen molar-refractivity contribution in [1.82, 2.24) is 15.0 Å². The normalized spacial score (nSPS) is 15.9. The zero-order valence-electron chi connectivity index (χ0n) is 16.5. The molecule has 8 heteroatoms. The number of rotatable bonds is 4. The summed E-state index contributed by atoms with van der Waals surface area (Å²) >= 11 is 6.01. The lowest BCUT2D eigenvalue weighted by Crippen LogP contribution is -2.33. The molecule has 0 radical (unpaired) electrons. The zero-order valence-corrected chi connectivity index (χ0v) is 17.3. The summed E-state index contributed by atoms with van der Waals surface area (Å²) in [6.07, 6.45) is 0.394. The van der Waals surface area contributed by atoms with E-state index in [9.17, 15) is 14.7 Å². The molecular formula is C22H21ClN4O3. The number of nitrogens with zero attached hydrogens (tertiary/aromatic N) is 2. The largest absolute Gasteiger partial charge is 0.493 e. The van der Waals surface area contributed by atoms with Crippen molar-refractivity contribution in [3.8, 4) is 11.6 Å². The Bertz CT molecular complexity index is 1240. The van der Waals surface area contributed by atoms with Crippen molar-refractivity contribution in [2.75, 3.05) is 0 Å². The Morgan fingerprint density at radius 2 is 1.90 bits per heavy atom.